The van der Waals surface area contributed by atoms with E-state index in [0.717, 1.165) is 18.4 Å². The topological polar surface area (TPSA) is 188 Å². The Kier molecular flexibility index (Phi) is 6.59. The smallest absolute Gasteiger partial charge is 0.312 e. The zero-order valence-corrected chi connectivity index (χ0v) is 30.4. The number of hydrogen-bond donors (Lipinski definition) is 5. The van der Waals surface area contributed by atoms with Crippen LogP contribution in [-0.2, 0) is 28.7 Å². The first-order valence-corrected chi connectivity index (χ1v) is 19.4. The molecule has 2 spiro atoms. The molecular weight excluding hydrogens is 656 g/mol. The number of aliphatic hydroxyl groups is 5. The molecule has 0 aromatic heterocycles. The lowest BCUT2D eigenvalue weighted by molar-refractivity contribution is -0.234. The Hall–Kier alpha value is -2.18. The molecule has 51 heavy (non-hydrogen) atoms. The van der Waals surface area contributed by atoms with Crippen molar-refractivity contribution in [2.24, 2.45) is 50.2 Å². The van der Waals surface area contributed by atoms with E-state index in [0.29, 0.717) is 51.4 Å². The minimum atomic E-state index is -2.33. The number of allylic oxidation sites excluding steroid dienone is 1. The summed E-state index contributed by atoms with van der Waals surface area (Å²) in [6, 6.07) is 0. The van der Waals surface area contributed by atoms with Gasteiger partial charge in [0.25, 0.3) is 0 Å². The number of aliphatic hydroxyl groups excluding tert-OH is 2. The zero-order chi connectivity index (χ0) is 36.6. The first-order valence-electron chi connectivity index (χ1n) is 19.4. The van der Waals surface area contributed by atoms with Crippen molar-refractivity contribution in [3.05, 3.63) is 11.6 Å². The molecule has 6 bridgehead atoms. The van der Waals surface area contributed by atoms with E-state index in [1.54, 1.807) is 0 Å². The van der Waals surface area contributed by atoms with Crippen molar-refractivity contribution in [3.63, 3.8) is 0 Å². The first kappa shape index (κ1) is 34.6. The minimum absolute atomic E-state index is 0.0257. The number of carbonyl (C=O) groups is 4. The van der Waals surface area contributed by atoms with Gasteiger partial charge in [-0.3, -0.25) is 19.2 Å². The number of ether oxygens (including phenoxy) is 2. The number of esters is 2. The van der Waals surface area contributed by atoms with Gasteiger partial charge in [-0.2, -0.15) is 0 Å². The van der Waals surface area contributed by atoms with Gasteiger partial charge in [0.1, 0.15) is 17.8 Å². The summed E-state index contributed by atoms with van der Waals surface area (Å²) >= 11 is 0. The van der Waals surface area contributed by atoms with Crippen molar-refractivity contribution in [3.8, 4) is 0 Å². The lowest BCUT2D eigenvalue weighted by Crippen LogP contribution is -2.67. The van der Waals surface area contributed by atoms with Crippen molar-refractivity contribution in [1.29, 1.82) is 0 Å². The normalized spacial score (nSPS) is 57.8. The lowest BCUT2D eigenvalue weighted by atomic mass is 9.39. The molecular formula is C40H54O11. The largest absolute Gasteiger partial charge is 0.462 e. The molecule has 0 amide bonds. The maximum absolute atomic E-state index is 14.9. The molecule has 0 aromatic carbocycles. The second-order valence-electron chi connectivity index (χ2n) is 19.6. The Morgan fingerprint density at radius 2 is 1.55 bits per heavy atom. The van der Waals surface area contributed by atoms with E-state index >= 15 is 0 Å². The average molecular weight is 711 g/mol. The maximum atomic E-state index is 14.9. The van der Waals surface area contributed by atoms with Crippen LogP contribution < -0.4 is 0 Å². The molecule has 8 fully saturated rings. The molecule has 1 saturated heterocycles. The fourth-order valence-electron chi connectivity index (χ4n) is 15.4. The van der Waals surface area contributed by atoms with Gasteiger partial charge in [-0.25, -0.2) is 0 Å². The van der Waals surface area contributed by atoms with Crippen molar-refractivity contribution in [2.45, 2.75) is 146 Å². The van der Waals surface area contributed by atoms with Crippen molar-refractivity contribution in [1.82, 2.24) is 0 Å². The van der Waals surface area contributed by atoms with Crippen molar-refractivity contribution >= 4 is 23.5 Å². The highest BCUT2D eigenvalue weighted by Gasteiger charge is 2.85. The summed E-state index contributed by atoms with van der Waals surface area (Å²) < 4.78 is 12.4. The molecule has 11 nitrogen and oxygen atoms in total. The van der Waals surface area contributed by atoms with E-state index in [-0.39, 0.29) is 43.5 Å². The summed E-state index contributed by atoms with van der Waals surface area (Å²) in [6.07, 6.45) is 7.16. The van der Waals surface area contributed by atoms with Gasteiger partial charge >= 0.3 is 11.9 Å². The van der Waals surface area contributed by atoms with Gasteiger partial charge in [0.05, 0.1) is 29.0 Å². The number of ketones is 2. The van der Waals surface area contributed by atoms with Gasteiger partial charge in [-0.15, -0.1) is 0 Å². The predicted molar refractivity (Wildman–Crippen MR) is 178 cm³/mol. The maximum Gasteiger partial charge on any atom is 0.312 e. The van der Waals surface area contributed by atoms with Gasteiger partial charge in [0.15, 0.2) is 22.8 Å². The van der Waals surface area contributed by atoms with Gasteiger partial charge in [0, 0.05) is 22.7 Å². The van der Waals surface area contributed by atoms with E-state index in [1.165, 1.54) is 0 Å². The Morgan fingerprint density at radius 1 is 0.863 bits per heavy atom. The van der Waals surface area contributed by atoms with Crippen LogP contribution in [0.2, 0.25) is 0 Å². The van der Waals surface area contributed by atoms with Crippen LogP contribution in [-0.4, -0.2) is 90.8 Å². The third-order valence-corrected chi connectivity index (χ3v) is 18.2. The number of carbonyl (C=O) groups excluding carboxylic acids is 4. The van der Waals surface area contributed by atoms with Crippen LogP contribution in [0.3, 0.4) is 0 Å². The highest BCUT2D eigenvalue weighted by Crippen LogP contribution is 2.78. The summed E-state index contributed by atoms with van der Waals surface area (Å²) in [7, 11) is 0. The van der Waals surface area contributed by atoms with Gasteiger partial charge < -0.3 is 35.0 Å². The zero-order valence-electron chi connectivity index (χ0n) is 30.4. The van der Waals surface area contributed by atoms with Crippen LogP contribution >= 0.6 is 0 Å². The molecule has 9 aliphatic rings. The highest BCUT2D eigenvalue weighted by atomic mass is 16.6. The standard InChI is InChI=1S/C40H54O11/c1-31-11-5-12-32(2,23(31)10-16-37-24(31)8-7-22(26(37)42)38(48,20-41)28(37)44)29(45)50-21-39(49)27(43)35-15-9-25-33(3)13-6-14-40(25,51-30(33)46)34(35,4)17-18-36(39,47)19-35/h8,22-23,25-26,41-42,47-49H,5-7,9-21H2,1-4H3/t22-,23+,25+,26-,31+,32-,33+,34-,35-,36-,37+,38+,39-,40-/m0/s1. The van der Waals surface area contributed by atoms with Crippen LogP contribution in [0.5, 0.6) is 0 Å². The quantitative estimate of drug-likeness (QED) is 0.213. The summed E-state index contributed by atoms with van der Waals surface area (Å²) in [6.45, 7) is 6.43. The number of fused-ring (bicyclic) bond motifs is 4. The van der Waals surface area contributed by atoms with Gasteiger partial charge in [-0.05, 0) is 109 Å². The lowest BCUT2D eigenvalue weighted by Gasteiger charge is -2.64. The summed E-state index contributed by atoms with van der Waals surface area (Å²) in [5.74, 6) is -2.97. The molecule has 7 saturated carbocycles. The van der Waals surface area contributed by atoms with E-state index in [2.05, 4.69) is 0 Å². The van der Waals surface area contributed by atoms with Gasteiger partial charge in [-0.1, -0.05) is 31.9 Å². The molecule has 11 heteroatoms. The van der Waals surface area contributed by atoms with Crippen LogP contribution in [0.4, 0.5) is 0 Å². The summed E-state index contributed by atoms with van der Waals surface area (Å²) in [5.41, 5.74) is -11.9. The average Bonchev–Trinajstić information content (AvgIpc) is 3.35. The number of hydrogen-bond acceptors (Lipinski definition) is 11. The summed E-state index contributed by atoms with van der Waals surface area (Å²) in [5, 5.41) is 57.4. The van der Waals surface area contributed by atoms with Crippen LogP contribution in [0.25, 0.3) is 0 Å². The predicted octanol–water partition coefficient (Wildman–Crippen LogP) is 2.85. The highest BCUT2D eigenvalue weighted by molar-refractivity contribution is 6.00. The van der Waals surface area contributed by atoms with E-state index < -0.39 is 97.7 Å². The Labute approximate surface area is 298 Å². The van der Waals surface area contributed by atoms with Crippen molar-refractivity contribution < 1.29 is 54.2 Å². The molecule has 14 atom stereocenters. The fraction of sp³-hybridized carbons (Fsp3) is 0.850. The fourth-order valence-corrected chi connectivity index (χ4v) is 15.4. The molecule has 280 valence electrons. The summed E-state index contributed by atoms with van der Waals surface area (Å²) in [4.78, 5) is 56.6. The van der Waals surface area contributed by atoms with Gasteiger partial charge in [0.2, 0.25) is 0 Å². The third kappa shape index (κ3) is 3.36. The monoisotopic (exact) mass is 710 g/mol. The second-order valence-corrected chi connectivity index (χ2v) is 19.6. The van der Waals surface area contributed by atoms with Crippen LogP contribution in [0, 0.1) is 50.2 Å². The Balaban J connectivity index is 1.00. The molecule has 0 unspecified atom stereocenters. The first-order chi connectivity index (χ1) is 23.8. The van der Waals surface area contributed by atoms with E-state index in [9.17, 15) is 44.7 Å². The molecule has 0 aromatic rings. The SMILES string of the molecule is C[C@]12CC[C@]3(O)C[C@@]1(CC[C@@H]1[C@@]4(C)CCC[C@]12OC4=O)C(=O)[C@@]3(O)COC(=O)[C@@]1(C)CCC[C@@]2(C)C3=CC[C@H]4[C@H](O)[C@]3(CC[C@H]21)C(=O)[C@@]4(O)CO. The second kappa shape index (κ2) is 9.73. The molecule has 9 rings (SSSR count). The Morgan fingerprint density at radius 3 is 2.27 bits per heavy atom. The molecule has 8 aliphatic carbocycles. The van der Waals surface area contributed by atoms with Crippen molar-refractivity contribution in [2.75, 3.05) is 13.2 Å². The van der Waals surface area contributed by atoms with Crippen LogP contribution in [0.1, 0.15) is 118 Å². The molecule has 0 radical (unpaired) electrons. The number of rotatable bonds is 4. The molecule has 5 N–H and O–H groups in total. The third-order valence-electron chi connectivity index (χ3n) is 18.2. The van der Waals surface area contributed by atoms with E-state index in [4.69, 9.17) is 9.47 Å². The van der Waals surface area contributed by atoms with Crippen LogP contribution in [0.15, 0.2) is 11.6 Å². The molecule has 1 heterocycles. The Bertz CT molecular complexity index is 1710. The minimum Gasteiger partial charge on any atom is -0.462 e. The number of Topliss-reactive ketones (excluding diaryl/α,β-unsaturated/α-hetero) is 2. The molecule has 1 aliphatic heterocycles. The van der Waals surface area contributed by atoms with E-state index in [1.807, 2.05) is 33.8 Å².